The Morgan fingerprint density at radius 1 is 1.00 bits per heavy atom. The van der Waals surface area contributed by atoms with Crippen LogP contribution < -0.4 is 5.32 Å². The van der Waals surface area contributed by atoms with Crippen molar-refractivity contribution in [2.45, 2.75) is 0 Å². The highest BCUT2D eigenvalue weighted by molar-refractivity contribution is 6.30. The van der Waals surface area contributed by atoms with E-state index in [4.69, 9.17) is 0 Å². The molecule has 2 nitrogen and oxygen atoms in total. The van der Waals surface area contributed by atoms with Gasteiger partial charge >= 0.3 is 0 Å². The van der Waals surface area contributed by atoms with Gasteiger partial charge in [-0.3, -0.25) is 0 Å². The number of nitrogens with zero attached hydrogens (tertiary/aromatic N) is 2. The summed E-state index contributed by atoms with van der Waals surface area (Å²) in [6.07, 6.45) is 1.73. The highest BCUT2D eigenvalue weighted by atomic mass is 28.1. The molecule has 0 atom stereocenters. The third kappa shape index (κ3) is 1.81. The van der Waals surface area contributed by atoms with Crippen molar-refractivity contribution in [2.75, 3.05) is 0 Å². The molecule has 0 spiro atoms. The van der Waals surface area contributed by atoms with Gasteiger partial charge in [-0.2, -0.15) is 0 Å². The van der Waals surface area contributed by atoms with Gasteiger partial charge in [-0.05, 0) is 6.07 Å². The van der Waals surface area contributed by atoms with Crippen molar-refractivity contribution in [1.29, 1.82) is 0 Å². The summed E-state index contributed by atoms with van der Waals surface area (Å²) >= 11 is 0. The van der Waals surface area contributed by atoms with Gasteiger partial charge in [0.25, 0.3) is 0 Å². The van der Waals surface area contributed by atoms with Crippen molar-refractivity contribution in [3.8, 4) is 11.4 Å². The van der Waals surface area contributed by atoms with Gasteiger partial charge in [-0.25, -0.2) is 9.97 Å². The van der Waals surface area contributed by atoms with Crippen LogP contribution in [0.3, 0.4) is 0 Å². The fourth-order valence-electron chi connectivity index (χ4n) is 1.09. The van der Waals surface area contributed by atoms with Crippen molar-refractivity contribution in [1.82, 2.24) is 9.97 Å². The van der Waals surface area contributed by atoms with Crippen LogP contribution in [0.25, 0.3) is 11.4 Å². The van der Waals surface area contributed by atoms with E-state index < -0.39 is 0 Å². The monoisotopic (exact) mass is 183 g/mol. The predicted molar refractivity (Wildman–Crippen MR) is 52.9 cm³/mol. The van der Waals surface area contributed by atoms with Gasteiger partial charge in [-0.1, -0.05) is 30.3 Å². The first kappa shape index (κ1) is 8.13. The lowest BCUT2D eigenvalue weighted by molar-refractivity contribution is 1.21. The van der Waals surface area contributed by atoms with E-state index in [1.165, 1.54) is 0 Å². The molecule has 0 aliphatic heterocycles. The Kier molecular flexibility index (Phi) is 2.18. The third-order valence-electron chi connectivity index (χ3n) is 1.69. The molecule has 0 N–H and O–H groups in total. The Morgan fingerprint density at radius 3 is 2.46 bits per heavy atom. The first-order valence-electron chi connectivity index (χ1n) is 3.96. The smallest absolute Gasteiger partial charge is 0.158 e. The normalized spacial score (nSPS) is 9.92. The fraction of sp³-hybridized carbons (Fsp3) is 0. The minimum Gasteiger partial charge on any atom is -0.239 e. The van der Waals surface area contributed by atoms with E-state index in [-0.39, 0.29) is 0 Å². The first-order valence-corrected chi connectivity index (χ1v) is 4.46. The van der Waals surface area contributed by atoms with Gasteiger partial charge in [-0.15, -0.1) is 0 Å². The molecule has 0 aliphatic rings. The van der Waals surface area contributed by atoms with E-state index in [9.17, 15) is 0 Å². The van der Waals surface area contributed by atoms with Crippen LogP contribution in [0, 0.1) is 0 Å². The highest BCUT2D eigenvalue weighted by Crippen LogP contribution is 2.10. The van der Waals surface area contributed by atoms with Crippen molar-refractivity contribution < 1.29 is 0 Å². The Hall–Kier alpha value is -1.48. The van der Waals surface area contributed by atoms with Gasteiger partial charge in [0.15, 0.2) is 5.82 Å². The maximum atomic E-state index is 4.25. The highest BCUT2D eigenvalue weighted by Gasteiger charge is 1.98. The molecule has 1 aromatic carbocycles. The summed E-state index contributed by atoms with van der Waals surface area (Å²) in [6.45, 7) is 0. The first-order chi connectivity index (χ1) is 6.36. The molecule has 0 fully saturated rings. The second-order valence-electron chi connectivity index (χ2n) is 2.63. The van der Waals surface area contributed by atoms with E-state index in [0.29, 0.717) is 0 Å². The van der Waals surface area contributed by atoms with Gasteiger partial charge < -0.3 is 0 Å². The topological polar surface area (TPSA) is 25.8 Å². The molecule has 0 amide bonds. The van der Waals surface area contributed by atoms with E-state index >= 15 is 0 Å². The number of benzene rings is 1. The molecule has 0 bridgehead atoms. The molecular weight excluding hydrogens is 176 g/mol. The summed E-state index contributed by atoms with van der Waals surface area (Å²) < 4.78 is 0. The molecule has 0 aliphatic carbocycles. The lowest BCUT2D eigenvalue weighted by atomic mass is 10.2. The maximum Gasteiger partial charge on any atom is 0.158 e. The molecule has 1 aromatic heterocycles. The van der Waals surface area contributed by atoms with Crippen LogP contribution in [-0.2, 0) is 0 Å². The molecule has 3 radical (unpaired) electrons. The second-order valence-corrected chi connectivity index (χ2v) is 3.14. The summed E-state index contributed by atoms with van der Waals surface area (Å²) in [5, 5.41) is 0.800. The van der Waals surface area contributed by atoms with E-state index in [1.54, 1.807) is 6.20 Å². The molecule has 0 unspecified atom stereocenters. The second kappa shape index (κ2) is 3.49. The minimum atomic E-state index is 0.744. The molecule has 13 heavy (non-hydrogen) atoms. The summed E-state index contributed by atoms with van der Waals surface area (Å²) in [5.41, 5.74) is 1.03. The van der Waals surface area contributed by atoms with Gasteiger partial charge in [0.2, 0.25) is 0 Å². The third-order valence-corrected chi connectivity index (χ3v) is 1.97. The average molecular weight is 183 g/mol. The van der Waals surface area contributed by atoms with Crippen LogP contribution in [0.5, 0.6) is 0 Å². The molecule has 2 rings (SSSR count). The zero-order valence-electron chi connectivity index (χ0n) is 6.94. The lowest BCUT2D eigenvalue weighted by Gasteiger charge is -1.99. The van der Waals surface area contributed by atoms with Crippen LogP contribution in [0.1, 0.15) is 0 Å². The average Bonchev–Trinajstić information content (AvgIpc) is 2.19. The minimum absolute atomic E-state index is 0.744. The number of hydrogen-bond acceptors (Lipinski definition) is 2. The van der Waals surface area contributed by atoms with Crippen LogP contribution in [0.15, 0.2) is 42.6 Å². The quantitative estimate of drug-likeness (QED) is 0.615. The SMILES string of the molecule is [Si]c1ccnc(-c2ccccc2)n1. The Balaban J connectivity index is 2.48. The van der Waals surface area contributed by atoms with Crippen molar-refractivity contribution >= 4 is 15.6 Å². The molecule has 0 saturated carbocycles. The number of aromatic nitrogens is 2. The summed E-state index contributed by atoms with van der Waals surface area (Å²) in [5.74, 6) is 0.744. The van der Waals surface area contributed by atoms with E-state index in [1.807, 2.05) is 36.4 Å². The largest absolute Gasteiger partial charge is 0.239 e. The van der Waals surface area contributed by atoms with Crippen LogP contribution in [0.4, 0.5) is 0 Å². The van der Waals surface area contributed by atoms with Crippen LogP contribution in [0.2, 0.25) is 0 Å². The fourth-order valence-corrected chi connectivity index (χ4v) is 1.27. The molecule has 1 heterocycles. The molecule has 61 valence electrons. The van der Waals surface area contributed by atoms with Crippen LogP contribution in [-0.4, -0.2) is 20.2 Å². The summed E-state index contributed by atoms with van der Waals surface area (Å²) in [4.78, 5) is 8.41. The van der Waals surface area contributed by atoms with Gasteiger partial charge in [0.05, 0.1) is 10.2 Å². The van der Waals surface area contributed by atoms with E-state index in [0.717, 1.165) is 16.7 Å². The number of rotatable bonds is 1. The Labute approximate surface area is 80.1 Å². The van der Waals surface area contributed by atoms with Crippen molar-refractivity contribution in [3.05, 3.63) is 42.6 Å². The number of hydrogen-bond donors (Lipinski definition) is 0. The van der Waals surface area contributed by atoms with Crippen LogP contribution >= 0.6 is 0 Å². The maximum absolute atomic E-state index is 4.25. The lowest BCUT2D eigenvalue weighted by Crippen LogP contribution is -2.09. The van der Waals surface area contributed by atoms with Crippen molar-refractivity contribution in [2.24, 2.45) is 0 Å². The Morgan fingerprint density at radius 2 is 1.77 bits per heavy atom. The predicted octanol–water partition coefficient (Wildman–Crippen LogP) is 0.937. The van der Waals surface area contributed by atoms with E-state index in [2.05, 4.69) is 20.2 Å². The summed E-state index contributed by atoms with van der Waals surface area (Å²) in [7, 11) is 3.36. The standard InChI is InChI=1S/C10H7N2Si/c13-9-6-7-11-10(12-9)8-4-2-1-3-5-8/h1-7H. The van der Waals surface area contributed by atoms with Gasteiger partial charge in [0, 0.05) is 17.1 Å². The zero-order valence-corrected chi connectivity index (χ0v) is 7.94. The Bertz CT molecular complexity index is 401. The van der Waals surface area contributed by atoms with Crippen molar-refractivity contribution in [3.63, 3.8) is 0 Å². The molecular formula is C10H7N2Si. The van der Waals surface area contributed by atoms with Gasteiger partial charge in [0.1, 0.15) is 0 Å². The zero-order chi connectivity index (χ0) is 9.10. The molecule has 2 aromatic rings. The molecule has 3 heteroatoms. The molecule has 0 saturated heterocycles. The summed E-state index contributed by atoms with van der Waals surface area (Å²) in [6, 6.07) is 11.7.